The first-order valence-electron chi connectivity index (χ1n) is 1.69. The smallest absolute Gasteiger partial charge is 0.263 e. The van der Waals surface area contributed by atoms with E-state index in [2.05, 4.69) is 4.84 Å². The lowest BCUT2D eigenvalue weighted by atomic mass is 10.7. The van der Waals surface area contributed by atoms with Crippen LogP contribution in [0.25, 0.3) is 0 Å². The lowest BCUT2D eigenvalue weighted by molar-refractivity contribution is -0.119. The molecule has 0 spiro atoms. The van der Waals surface area contributed by atoms with E-state index < -0.39 is 5.91 Å². The first-order chi connectivity index (χ1) is 3.29. The molecule has 1 saturated heterocycles. The Morgan fingerprint density at radius 3 is 2.86 bits per heavy atom. The highest BCUT2D eigenvalue weighted by molar-refractivity contribution is 5.77. The largest absolute Gasteiger partial charge is 0.743 e. The second kappa shape index (κ2) is 1.45. The molecule has 0 atom stereocenters. The number of nitrogens with one attached hydrogen (secondary N) is 1. The Hall–Kier alpha value is -0.650. The van der Waals surface area contributed by atoms with Gasteiger partial charge in [-0.25, -0.2) is 0 Å². The van der Waals surface area contributed by atoms with Crippen LogP contribution < -0.4 is 5.43 Å². The number of hydrogen-bond acceptors (Lipinski definition) is 4. The summed E-state index contributed by atoms with van der Waals surface area (Å²) in [6.45, 7) is -0.163. The van der Waals surface area contributed by atoms with Crippen molar-refractivity contribution in [1.29, 1.82) is 0 Å². The van der Waals surface area contributed by atoms with Gasteiger partial charge in [-0.2, -0.15) is 5.34 Å². The van der Waals surface area contributed by atoms with Crippen molar-refractivity contribution in [2.24, 2.45) is 0 Å². The van der Waals surface area contributed by atoms with Crippen molar-refractivity contribution in [2.75, 3.05) is 6.61 Å². The Morgan fingerprint density at radius 1 is 2.00 bits per heavy atom. The molecule has 5 nitrogen and oxygen atoms in total. The Balaban J connectivity index is 2.40. The molecule has 0 aromatic carbocycles. The number of amides is 1. The number of nitrogens with zero attached hydrogens (tertiary/aromatic N) is 1. The van der Waals surface area contributed by atoms with Gasteiger partial charge in [0.1, 0.15) is 6.61 Å². The number of hydrogen-bond donors (Lipinski definition) is 1. The molecular weight excluding hydrogens is 100 g/mol. The highest BCUT2D eigenvalue weighted by Crippen LogP contribution is 1.88. The summed E-state index contributed by atoms with van der Waals surface area (Å²) in [5, 5.41) is 9.85. The summed E-state index contributed by atoms with van der Waals surface area (Å²) in [5.74, 6) is -0.407. The van der Waals surface area contributed by atoms with Gasteiger partial charge in [-0.1, -0.05) is 0 Å². The molecule has 1 rings (SSSR count). The topological polar surface area (TPSA) is 64.6 Å². The average molecular weight is 103 g/mol. The summed E-state index contributed by atoms with van der Waals surface area (Å²) in [6.07, 6.45) is 0. The number of carbonyl (C=O) groups excluding carboxylic acids is 1. The monoisotopic (exact) mass is 103 g/mol. The quantitative estimate of drug-likeness (QED) is 0.416. The van der Waals surface area contributed by atoms with Gasteiger partial charge in [-0.3, -0.25) is 15.1 Å². The van der Waals surface area contributed by atoms with Crippen LogP contribution in [0.4, 0.5) is 0 Å². The molecule has 1 amide bonds. The van der Waals surface area contributed by atoms with Crippen molar-refractivity contribution in [3.63, 3.8) is 0 Å². The Morgan fingerprint density at radius 2 is 2.71 bits per heavy atom. The zero-order valence-electron chi connectivity index (χ0n) is 3.38. The SMILES string of the molecule is O=C1CON([O-])N1. The van der Waals surface area contributed by atoms with Crippen molar-refractivity contribution in [3.05, 3.63) is 5.21 Å². The molecule has 1 N–H and O–H groups in total. The molecule has 0 unspecified atom stereocenters. The van der Waals surface area contributed by atoms with Crippen LogP contribution >= 0.6 is 0 Å². The molecule has 1 aliphatic heterocycles. The third-order valence-corrected chi connectivity index (χ3v) is 0.529. The molecule has 0 aromatic heterocycles. The molecule has 0 aromatic rings. The maximum absolute atomic E-state index is 9.98. The van der Waals surface area contributed by atoms with Crippen molar-refractivity contribution >= 4 is 5.91 Å². The van der Waals surface area contributed by atoms with E-state index in [-0.39, 0.29) is 11.9 Å². The normalized spacial score (nSPS) is 22.7. The average Bonchev–Trinajstić information content (AvgIpc) is 1.87. The third kappa shape index (κ3) is 0.861. The van der Waals surface area contributed by atoms with E-state index in [1.54, 1.807) is 0 Å². The van der Waals surface area contributed by atoms with E-state index in [1.165, 1.54) is 0 Å². The fourth-order valence-corrected chi connectivity index (χ4v) is 0.284. The fourth-order valence-electron chi connectivity index (χ4n) is 0.284. The van der Waals surface area contributed by atoms with Crippen molar-refractivity contribution in [1.82, 2.24) is 10.8 Å². The summed E-state index contributed by atoms with van der Waals surface area (Å²) in [7, 11) is 0. The third-order valence-electron chi connectivity index (χ3n) is 0.529. The van der Waals surface area contributed by atoms with Gasteiger partial charge in [0.15, 0.2) is 0 Å². The van der Waals surface area contributed by atoms with Gasteiger partial charge in [-0.15, -0.1) is 0 Å². The second-order valence-corrected chi connectivity index (χ2v) is 1.07. The van der Waals surface area contributed by atoms with Crippen LogP contribution in [-0.4, -0.2) is 17.8 Å². The van der Waals surface area contributed by atoms with Gasteiger partial charge in [0.25, 0.3) is 5.91 Å². The fraction of sp³-hybridized carbons (Fsp3) is 0.500. The predicted octanol–water partition coefficient (Wildman–Crippen LogP) is -1.24. The van der Waals surface area contributed by atoms with E-state index >= 15 is 0 Å². The second-order valence-electron chi connectivity index (χ2n) is 1.07. The highest BCUT2D eigenvalue weighted by atomic mass is 16.9. The van der Waals surface area contributed by atoms with E-state index in [9.17, 15) is 10.0 Å². The van der Waals surface area contributed by atoms with Gasteiger partial charge in [0.2, 0.25) is 0 Å². The van der Waals surface area contributed by atoms with Gasteiger partial charge in [-0.05, 0) is 0 Å². The molecule has 0 bridgehead atoms. The summed E-state index contributed by atoms with van der Waals surface area (Å²) in [6, 6.07) is 0. The molecular formula is C2H3N2O3-. The maximum atomic E-state index is 9.98. The summed E-state index contributed by atoms with van der Waals surface area (Å²) >= 11 is 0. The standard InChI is InChI=1S/C2H3N2O3/c5-2-1-7-4(6)3-2/h1H2,(H,3,5)/q-1. The Labute approximate surface area is 39.4 Å². The zero-order valence-corrected chi connectivity index (χ0v) is 3.38. The van der Waals surface area contributed by atoms with E-state index in [0.717, 1.165) is 0 Å². The summed E-state index contributed by atoms with van der Waals surface area (Å²) in [5.41, 5.74) is 1.83. The predicted molar refractivity (Wildman–Crippen MR) is 19.3 cm³/mol. The van der Waals surface area contributed by atoms with Gasteiger partial charge < -0.3 is 5.21 Å². The van der Waals surface area contributed by atoms with Crippen LogP contribution in [0.3, 0.4) is 0 Å². The molecule has 1 heterocycles. The molecule has 5 heteroatoms. The van der Waals surface area contributed by atoms with Crippen LogP contribution in [0, 0.1) is 5.21 Å². The van der Waals surface area contributed by atoms with E-state index in [4.69, 9.17) is 0 Å². The van der Waals surface area contributed by atoms with Crippen LogP contribution in [0.2, 0.25) is 0 Å². The Bertz CT molecular complexity index is 92.9. The molecule has 0 radical (unpaired) electrons. The maximum Gasteiger partial charge on any atom is 0.263 e. The molecule has 40 valence electrons. The lowest BCUT2D eigenvalue weighted by Crippen LogP contribution is -2.26. The molecule has 1 fully saturated rings. The van der Waals surface area contributed by atoms with Crippen LogP contribution in [0.5, 0.6) is 0 Å². The van der Waals surface area contributed by atoms with Gasteiger partial charge in [0.05, 0.1) is 0 Å². The number of hydrazine groups is 1. The minimum absolute atomic E-state index is 0.0301. The van der Waals surface area contributed by atoms with Crippen molar-refractivity contribution in [3.8, 4) is 0 Å². The van der Waals surface area contributed by atoms with Crippen LogP contribution in [0.1, 0.15) is 0 Å². The molecule has 0 saturated carbocycles. The van der Waals surface area contributed by atoms with Crippen molar-refractivity contribution < 1.29 is 9.63 Å². The molecule has 7 heavy (non-hydrogen) atoms. The van der Waals surface area contributed by atoms with Gasteiger partial charge >= 0.3 is 0 Å². The molecule has 1 aliphatic rings. The Kier molecular flexibility index (Phi) is 0.935. The lowest BCUT2D eigenvalue weighted by Gasteiger charge is -2.15. The van der Waals surface area contributed by atoms with Crippen LogP contribution in [0.15, 0.2) is 0 Å². The number of carbonyl (C=O) groups is 1. The van der Waals surface area contributed by atoms with Gasteiger partial charge in [0, 0.05) is 0 Å². The summed E-state index contributed by atoms with van der Waals surface area (Å²) < 4.78 is 0. The minimum Gasteiger partial charge on any atom is -0.743 e. The number of rotatable bonds is 0. The minimum atomic E-state index is -0.407. The van der Waals surface area contributed by atoms with E-state index in [0.29, 0.717) is 0 Å². The highest BCUT2D eigenvalue weighted by Gasteiger charge is 2.09. The van der Waals surface area contributed by atoms with Crippen molar-refractivity contribution in [2.45, 2.75) is 0 Å². The summed E-state index contributed by atoms with van der Waals surface area (Å²) in [4.78, 5) is 14.1. The van der Waals surface area contributed by atoms with Crippen LogP contribution in [-0.2, 0) is 9.63 Å². The first kappa shape index (κ1) is 4.51. The molecule has 0 aliphatic carbocycles. The van der Waals surface area contributed by atoms with E-state index in [1.807, 2.05) is 5.43 Å². The first-order valence-corrected chi connectivity index (χ1v) is 1.69. The zero-order chi connectivity index (χ0) is 5.28.